The molecule has 0 aromatic heterocycles. The first-order valence-corrected chi connectivity index (χ1v) is 11.3. The molecule has 1 saturated carbocycles. The van der Waals surface area contributed by atoms with Crippen molar-refractivity contribution < 1.29 is 33.5 Å². The molecule has 2 rings (SSSR count). The molecule has 8 heteroatoms. The second-order valence-electron chi connectivity index (χ2n) is 8.72. The minimum absolute atomic E-state index is 0.100. The molecule has 0 radical (unpaired) electrons. The summed E-state index contributed by atoms with van der Waals surface area (Å²) in [5.41, 5.74) is -0.270. The average Bonchev–Trinajstić information content (AvgIpc) is 3.02. The van der Waals surface area contributed by atoms with Crippen molar-refractivity contribution >= 4 is 17.7 Å². The fourth-order valence-corrected chi connectivity index (χ4v) is 4.25. The van der Waals surface area contributed by atoms with Crippen LogP contribution in [0.15, 0.2) is 0 Å². The molecule has 30 heavy (non-hydrogen) atoms. The summed E-state index contributed by atoms with van der Waals surface area (Å²) in [7, 11) is 0. The van der Waals surface area contributed by atoms with Gasteiger partial charge in [0, 0.05) is 4.90 Å². The van der Waals surface area contributed by atoms with Gasteiger partial charge in [-0.3, -0.25) is 10.0 Å². The number of unbranched alkanes of at least 4 members (excludes halogenated alkanes) is 1. The van der Waals surface area contributed by atoms with E-state index in [1.165, 1.54) is 0 Å². The van der Waals surface area contributed by atoms with Crippen LogP contribution in [0.25, 0.3) is 0 Å². The fourth-order valence-electron chi connectivity index (χ4n) is 4.25. The van der Waals surface area contributed by atoms with Gasteiger partial charge in [0.2, 0.25) is 6.29 Å². The molecule has 2 aliphatic rings. The highest BCUT2D eigenvalue weighted by Gasteiger charge is 2.50. The highest BCUT2D eigenvalue weighted by Crippen LogP contribution is 2.38. The van der Waals surface area contributed by atoms with Crippen LogP contribution in [0, 0.1) is 28.9 Å². The van der Waals surface area contributed by atoms with Crippen LogP contribution in [0.2, 0.25) is 0 Å². The maximum Gasteiger partial charge on any atom is 0.405 e. The number of ether oxygens (including phenoxy) is 3. The van der Waals surface area contributed by atoms with E-state index in [9.17, 15) is 14.8 Å². The van der Waals surface area contributed by atoms with Crippen LogP contribution in [0.1, 0.15) is 73.1 Å². The second kappa shape index (κ2) is 11.5. The Morgan fingerprint density at radius 2 is 2.03 bits per heavy atom. The molecule has 2 fully saturated rings. The summed E-state index contributed by atoms with van der Waals surface area (Å²) >= 11 is 0. The van der Waals surface area contributed by atoms with Crippen LogP contribution in [0.4, 0.5) is 0 Å². The molecule has 0 spiro atoms. The van der Waals surface area contributed by atoms with Gasteiger partial charge in [-0.15, -0.1) is 0 Å². The zero-order chi connectivity index (χ0) is 22.3. The van der Waals surface area contributed by atoms with Crippen molar-refractivity contribution in [1.82, 2.24) is 0 Å². The van der Waals surface area contributed by atoms with E-state index in [1.54, 1.807) is 6.92 Å². The Balaban J connectivity index is 2.26. The van der Waals surface area contributed by atoms with Gasteiger partial charge < -0.3 is 19.0 Å². The molecule has 0 amide bonds. The molecule has 0 aromatic rings. The topological polar surface area (TPSA) is 97.1 Å². The van der Waals surface area contributed by atoms with Crippen molar-refractivity contribution in [2.24, 2.45) is 23.7 Å². The normalized spacial score (nSPS) is 30.1. The van der Waals surface area contributed by atoms with Crippen LogP contribution < -0.4 is 0 Å². The summed E-state index contributed by atoms with van der Waals surface area (Å²) in [4.78, 5) is 30.1. The Labute approximate surface area is 179 Å². The smallest absolute Gasteiger partial charge is 0.405 e. The Hall–Kier alpha value is -1.83. The summed E-state index contributed by atoms with van der Waals surface area (Å²) < 4.78 is 16.8. The molecule has 5 atom stereocenters. The predicted octanol–water partition coefficient (Wildman–Crippen LogP) is 3.60. The quantitative estimate of drug-likeness (QED) is 0.173. The van der Waals surface area contributed by atoms with Crippen molar-refractivity contribution in [3.63, 3.8) is 0 Å². The molecule has 0 N–H and O–H groups in total. The largest absolute Gasteiger partial charge is 0.458 e. The molecule has 0 aromatic carbocycles. The third-order valence-corrected chi connectivity index (χ3v) is 5.97. The van der Waals surface area contributed by atoms with Crippen molar-refractivity contribution in [1.29, 1.82) is 0 Å². The summed E-state index contributed by atoms with van der Waals surface area (Å²) in [5.74, 6) is -0.920. The minimum atomic E-state index is -1.00. The van der Waals surface area contributed by atoms with Crippen molar-refractivity contribution in [2.45, 2.75) is 85.5 Å². The first kappa shape index (κ1) is 24.4. The van der Waals surface area contributed by atoms with E-state index in [-0.39, 0.29) is 36.4 Å². The molecule has 1 aliphatic heterocycles. The molecule has 1 saturated heterocycles. The lowest BCUT2D eigenvalue weighted by Gasteiger charge is -2.38. The second-order valence-corrected chi connectivity index (χ2v) is 8.72. The lowest BCUT2D eigenvalue weighted by atomic mass is 9.75. The van der Waals surface area contributed by atoms with Gasteiger partial charge in [-0.25, -0.2) is 4.79 Å². The molecule has 1 aliphatic carbocycles. The van der Waals surface area contributed by atoms with Gasteiger partial charge in [0.1, 0.15) is 5.92 Å². The van der Waals surface area contributed by atoms with Crippen LogP contribution in [0.3, 0.4) is 0 Å². The third kappa shape index (κ3) is 6.33. The van der Waals surface area contributed by atoms with E-state index in [2.05, 4.69) is 20.8 Å². The number of hydrogen-bond donors (Lipinski definition) is 0. The zero-order valence-corrected chi connectivity index (χ0v) is 18.9. The number of esters is 2. The van der Waals surface area contributed by atoms with Crippen LogP contribution in [0.5, 0.6) is 0 Å². The van der Waals surface area contributed by atoms with Gasteiger partial charge in [0.25, 0.3) is 0 Å². The Bertz CT molecular complexity index is 619. The average molecular weight is 428 g/mol. The van der Waals surface area contributed by atoms with E-state index in [4.69, 9.17) is 19.0 Å². The van der Waals surface area contributed by atoms with Gasteiger partial charge in [-0.2, -0.15) is 0 Å². The van der Waals surface area contributed by atoms with E-state index < -0.39 is 24.1 Å². The molecule has 0 bridgehead atoms. The highest BCUT2D eigenvalue weighted by atomic mass is 16.9. The minimum Gasteiger partial charge on any atom is -0.458 e. The maximum atomic E-state index is 12.6. The first-order chi connectivity index (χ1) is 14.3. The van der Waals surface area contributed by atoms with Gasteiger partial charge >= 0.3 is 17.7 Å². The number of hydrogen-bond acceptors (Lipinski definition) is 7. The molecular formula is C22H37NO7. The standard InChI is InChI=1S/C22H37NO7/c1-6-8-11-28-23(26)20(21(25)27-7-2)17-13-19(24)30-22(17)29-18-12-15(5)9-10-16(18)14(3)4/h14-18,22H,6-13H2,1-5H3/b23-20-/t15?,16?,17-,18?,22+/m0/s1. The monoisotopic (exact) mass is 427 g/mol. The molecule has 3 unspecified atom stereocenters. The number of cyclic esters (lactones) is 1. The maximum absolute atomic E-state index is 12.6. The fraction of sp³-hybridized carbons (Fsp3) is 0.864. The predicted molar refractivity (Wildman–Crippen MR) is 110 cm³/mol. The first-order valence-electron chi connectivity index (χ1n) is 11.3. The molecular weight excluding hydrogens is 390 g/mol. The van der Waals surface area contributed by atoms with Gasteiger partial charge in [-0.05, 0) is 43.9 Å². The number of nitrogens with zero attached hydrogens (tertiary/aromatic N) is 1. The van der Waals surface area contributed by atoms with Crippen molar-refractivity contribution in [3.05, 3.63) is 5.21 Å². The van der Waals surface area contributed by atoms with Gasteiger partial charge in [-0.1, -0.05) is 40.5 Å². The van der Waals surface area contributed by atoms with Gasteiger partial charge in [0.05, 0.1) is 25.7 Å². The lowest BCUT2D eigenvalue weighted by molar-refractivity contribution is -0.742. The SMILES string of the molecule is CCCCO/[N+]([O-])=C(\C(=O)OCC)[C@@H]1CC(=O)O[C@H]1OC1CC(C)CCC1C(C)C. The Morgan fingerprint density at radius 1 is 1.30 bits per heavy atom. The summed E-state index contributed by atoms with van der Waals surface area (Å²) in [6.45, 7) is 10.4. The van der Waals surface area contributed by atoms with Crippen LogP contribution >= 0.6 is 0 Å². The summed E-state index contributed by atoms with van der Waals surface area (Å²) in [6, 6.07) is 0. The third-order valence-electron chi connectivity index (χ3n) is 5.97. The summed E-state index contributed by atoms with van der Waals surface area (Å²) in [5, 5.41) is 12.6. The number of rotatable bonds is 10. The van der Waals surface area contributed by atoms with Gasteiger partial charge in [0.15, 0.2) is 0 Å². The van der Waals surface area contributed by atoms with Crippen LogP contribution in [-0.4, -0.2) is 48.2 Å². The number of carbonyl (C=O) groups is 2. The Kier molecular flexibility index (Phi) is 9.39. The zero-order valence-electron chi connectivity index (χ0n) is 18.9. The van der Waals surface area contributed by atoms with E-state index in [0.29, 0.717) is 24.2 Å². The number of carbonyl (C=O) groups excluding carboxylic acids is 2. The highest BCUT2D eigenvalue weighted by molar-refractivity contribution is 6.35. The van der Waals surface area contributed by atoms with Crippen molar-refractivity contribution in [3.8, 4) is 0 Å². The van der Waals surface area contributed by atoms with Crippen molar-refractivity contribution in [2.75, 3.05) is 13.2 Å². The van der Waals surface area contributed by atoms with E-state index in [1.807, 2.05) is 6.92 Å². The molecule has 1 heterocycles. The molecule has 8 nitrogen and oxygen atoms in total. The lowest BCUT2D eigenvalue weighted by Crippen LogP contribution is -2.43. The van der Waals surface area contributed by atoms with E-state index >= 15 is 0 Å². The summed E-state index contributed by atoms with van der Waals surface area (Å²) in [6.07, 6.45) is 3.32. The van der Waals surface area contributed by atoms with E-state index in [0.717, 1.165) is 25.7 Å². The van der Waals surface area contributed by atoms with Crippen LogP contribution in [-0.2, 0) is 28.6 Å². The molecule has 172 valence electrons. The Morgan fingerprint density at radius 3 is 2.67 bits per heavy atom.